The minimum atomic E-state index is 0. The molecule has 0 spiro atoms. The highest BCUT2D eigenvalue weighted by molar-refractivity contribution is 14.0. The fraction of sp³-hybridized carbons (Fsp3) is 1.00. The van der Waals surface area contributed by atoms with Gasteiger partial charge in [-0.2, -0.15) is 0 Å². The van der Waals surface area contributed by atoms with E-state index in [1.165, 1.54) is 75.6 Å². The molecule has 0 aliphatic carbocycles. The van der Waals surface area contributed by atoms with Crippen molar-refractivity contribution in [1.82, 2.24) is 0 Å². The zero-order valence-electron chi connectivity index (χ0n) is 10.6. The first-order chi connectivity index (χ1) is 6.83. The lowest BCUT2D eigenvalue weighted by Gasteiger charge is -2.40. The van der Waals surface area contributed by atoms with E-state index in [-0.39, 0.29) is 24.0 Å². The highest BCUT2D eigenvalue weighted by Gasteiger charge is 2.25. The smallest absolute Gasteiger partial charge is 0.0786 e. The Hall–Kier alpha value is 0.690. The molecule has 0 aromatic rings. The molecular formula is C13H29IN+. The lowest BCUT2D eigenvalue weighted by Crippen LogP contribution is -2.50. The molecular weight excluding hydrogens is 297 g/mol. The van der Waals surface area contributed by atoms with Crippen molar-refractivity contribution in [3.63, 3.8) is 0 Å². The van der Waals surface area contributed by atoms with Crippen LogP contribution in [-0.2, 0) is 0 Å². The van der Waals surface area contributed by atoms with Crippen LogP contribution in [0.15, 0.2) is 0 Å². The highest BCUT2D eigenvalue weighted by Crippen LogP contribution is 2.19. The Kier molecular flexibility index (Phi) is 9.20. The Morgan fingerprint density at radius 1 is 0.733 bits per heavy atom. The standard InChI is InChI=1S/C13H28N.HI/c1-3-10-14(11-4-2)12-8-6-5-7-9-13-14;/h3-13H2,1-2H3;1H/q+1;. The van der Waals surface area contributed by atoms with E-state index in [0.29, 0.717) is 0 Å². The summed E-state index contributed by atoms with van der Waals surface area (Å²) in [6, 6.07) is 0. The lowest BCUT2D eigenvalue weighted by atomic mass is 10.1. The van der Waals surface area contributed by atoms with Crippen LogP contribution in [0.1, 0.15) is 58.8 Å². The van der Waals surface area contributed by atoms with Crippen LogP contribution in [-0.4, -0.2) is 30.7 Å². The maximum atomic E-state index is 2.34. The summed E-state index contributed by atoms with van der Waals surface area (Å²) in [4.78, 5) is 0. The molecule has 0 unspecified atom stereocenters. The average molecular weight is 326 g/mol. The third kappa shape index (κ3) is 5.53. The van der Waals surface area contributed by atoms with Crippen molar-refractivity contribution < 1.29 is 4.48 Å². The Balaban J connectivity index is 0.00000196. The SMILES string of the molecule is CCC[N+]1(CCC)CCCCCCC1.I. The van der Waals surface area contributed by atoms with Crippen LogP contribution >= 0.6 is 24.0 Å². The van der Waals surface area contributed by atoms with Gasteiger partial charge in [0.1, 0.15) is 0 Å². The second-order valence-electron chi connectivity index (χ2n) is 5.00. The second kappa shape index (κ2) is 8.80. The van der Waals surface area contributed by atoms with Crippen LogP contribution < -0.4 is 0 Å². The van der Waals surface area contributed by atoms with Gasteiger partial charge in [0.05, 0.1) is 26.2 Å². The van der Waals surface area contributed by atoms with Gasteiger partial charge in [-0.1, -0.05) is 20.3 Å². The van der Waals surface area contributed by atoms with Crippen molar-refractivity contribution in [2.45, 2.75) is 58.8 Å². The molecule has 92 valence electrons. The van der Waals surface area contributed by atoms with Crippen LogP contribution in [0.25, 0.3) is 0 Å². The zero-order chi connectivity index (χ0) is 10.3. The van der Waals surface area contributed by atoms with Crippen LogP contribution in [0, 0.1) is 0 Å². The fourth-order valence-electron chi connectivity index (χ4n) is 3.04. The van der Waals surface area contributed by atoms with Crippen molar-refractivity contribution >= 4 is 24.0 Å². The molecule has 2 heteroatoms. The Morgan fingerprint density at radius 2 is 1.13 bits per heavy atom. The summed E-state index contributed by atoms with van der Waals surface area (Å²) >= 11 is 0. The molecule has 0 radical (unpaired) electrons. The predicted molar refractivity (Wildman–Crippen MR) is 78.8 cm³/mol. The molecule has 0 aromatic heterocycles. The highest BCUT2D eigenvalue weighted by atomic mass is 127. The summed E-state index contributed by atoms with van der Waals surface area (Å²) in [7, 11) is 0. The van der Waals surface area contributed by atoms with E-state index < -0.39 is 0 Å². The fourth-order valence-corrected chi connectivity index (χ4v) is 3.04. The molecule has 0 atom stereocenters. The maximum absolute atomic E-state index is 2.34. The van der Waals surface area contributed by atoms with E-state index in [9.17, 15) is 0 Å². The molecule has 1 rings (SSSR count). The molecule has 0 N–H and O–H groups in total. The van der Waals surface area contributed by atoms with Crippen LogP contribution in [0.4, 0.5) is 0 Å². The van der Waals surface area contributed by atoms with E-state index in [1.54, 1.807) is 0 Å². The molecule has 15 heavy (non-hydrogen) atoms. The van der Waals surface area contributed by atoms with Gasteiger partial charge < -0.3 is 4.48 Å². The number of hydrogen-bond donors (Lipinski definition) is 0. The largest absolute Gasteiger partial charge is 0.324 e. The zero-order valence-corrected chi connectivity index (χ0v) is 13.0. The van der Waals surface area contributed by atoms with E-state index in [4.69, 9.17) is 0 Å². The average Bonchev–Trinajstić information content (AvgIpc) is 2.12. The summed E-state index contributed by atoms with van der Waals surface area (Å²) in [6.45, 7) is 10.5. The molecule has 1 aliphatic rings. The van der Waals surface area contributed by atoms with E-state index in [1.807, 2.05) is 0 Å². The number of rotatable bonds is 4. The quantitative estimate of drug-likeness (QED) is 0.536. The van der Waals surface area contributed by atoms with Crippen molar-refractivity contribution in [1.29, 1.82) is 0 Å². The van der Waals surface area contributed by atoms with Gasteiger partial charge in [-0.3, -0.25) is 0 Å². The summed E-state index contributed by atoms with van der Waals surface area (Å²) in [6.07, 6.45) is 10.1. The van der Waals surface area contributed by atoms with E-state index in [2.05, 4.69) is 13.8 Å². The lowest BCUT2D eigenvalue weighted by molar-refractivity contribution is -0.929. The van der Waals surface area contributed by atoms with Gasteiger partial charge in [0.2, 0.25) is 0 Å². The molecule has 1 fully saturated rings. The topological polar surface area (TPSA) is 0 Å². The molecule has 1 nitrogen and oxygen atoms in total. The van der Waals surface area contributed by atoms with Crippen LogP contribution in [0.5, 0.6) is 0 Å². The molecule has 1 aliphatic heterocycles. The normalized spacial score (nSPS) is 21.2. The predicted octanol–water partition coefficient (Wildman–Crippen LogP) is 4.21. The molecule has 0 aromatic carbocycles. The number of quaternary nitrogens is 1. The third-order valence-corrected chi connectivity index (χ3v) is 3.66. The summed E-state index contributed by atoms with van der Waals surface area (Å²) in [5.74, 6) is 0. The van der Waals surface area contributed by atoms with Crippen molar-refractivity contribution in [2.75, 3.05) is 26.2 Å². The second-order valence-corrected chi connectivity index (χ2v) is 5.00. The third-order valence-electron chi connectivity index (χ3n) is 3.66. The van der Waals surface area contributed by atoms with Gasteiger partial charge in [0.15, 0.2) is 0 Å². The van der Waals surface area contributed by atoms with Crippen molar-refractivity contribution in [2.24, 2.45) is 0 Å². The molecule has 0 bridgehead atoms. The summed E-state index contributed by atoms with van der Waals surface area (Å²) in [5, 5.41) is 0. The Labute approximate surface area is 113 Å². The van der Waals surface area contributed by atoms with Crippen LogP contribution in [0.2, 0.25) is 0 Å². The Morgan fingerprint density at radius 3 is 1.53 bits per heavy atom. The first-order valence-corrected chi connectivity index (χ1v) is 6.68. The first kappa shape index (κ1) is 15.7. The van der Waals surface area contributed by atoms with Gasteiger partial charge in [-0.25, -0.2) is 0 Å². The molecule has 1 saturated heterocycles. The van der Waals surface area contributed by atoms with Crippen LogP contribution in [0.3, 0.4) is 0 Å². The summed E-state index contributed by atoms with van der Waals surface area (Å²) in [5.41, 5.74) is 0. The number of hydrogen-bond acceptors (Lipinski definition) is 0. The maximum Gasteiger partial charge on any atom is 0.0786 e. The Bertz CT molecular complexity index is 131. The van der Waals surface area contributed by atoms with Gasteiger partial charge in [0, 0.05) is 0 Å². The molecule has 0 amide bonds. The molecule has 1 heterocycles. The minimum absolute atomic E-state index is 0. The first-order valence-electron chi connectivity index (χ1n) is 6.68. The van der Waals surface area contributed by atoms with Gasteiger partial charge in [-0.05, 0) is 38.5 Å². The van der Waals surface area contributed by atoms with E-state index in [0.717, 1.165) is 0 Å². The monoisotopic (exact) mass is 326 g/mol. The van der Waals surface area contributed by atoms with E-state index >= 15 is 0 Å². The van der Waals surface area contributed by atoms with Gasteiger partial charge in [-0.15, -0.1) is 24.0 Å². The molecule has 0 saturated carbocycles. The summed E-state index contributed by atoms with van der Waals surface area (Å²) < 4.78 is 1.44. The van der Waals surface area contributed by atoms with Gasteiger partial charge in [0.25, 0.3) is 0 Å². The van der Waals surface area contributed by atoms with Crippen molar-refractivity contribution in [3.8, 4) is 0 Å². The number of likely N-dealkylation sites (tertiary alicyclic amines) is 1. The van der Waals surface area contributed by atoms with Crippen molar-refractivity contribution in [3.05, 3.63) is 0 Å². The van der Waals surface area contributed by atoms with Gasteiger partial charge >= 0.3 is 0 Å². The number of nitrogens with zero attached hydrogens (tertiary/aromatic N) is 1. The number of halogens is 1. The minimum Gasteiger partial charge on any atom is -0.324 e.